The molecule has 0 saturated carbocycles. The quantitative estimate of drug-likeness (QED) is 0.839. The van der Waals surface area contributed by atoms with Crippen LogP contribution >= 0.6 is 15.9 Å². The van der Waals surface area contributed by atoms with Crippen molar-refractivity contribution in [3.8, 4) is 11.5 Å². The van der Waals surface area contributed by atoms with Crippen LogP contribution in [0, 0.1) is 5.82 Å². The predicted octanol–water partition coefficient (Wildman–Crippen LogP) is 4.20. The number of benzene rings is 2. The Morgan fingerprint density at radius 2 is 1.68 bits per heavy atom. The van der Waals surface area contributed by atoms with E-state index >= 15 is 0 Å². The van der Waals surface area contributed by atoms with Crippen LogP contribution in [0.2, 0.25) is 0 Å². The van der Waals surface area contributed by atoms with Gasteiger partial charge in [0.1, 0.15) is 5.82 Å². The molecule has 0 spiro atoms. The summed E-state index contributed by atoms with van der Waals surface area (Å²) in [5, 5.41) is 0. The Morgan fingerprint density at radius 3 is 2.26 bits per heavy atom. The number of halogens is 2. The first-order chi connectivity index (χ1) is 9.13. The number of methoxy groups -OCH3 is 2. The zero-order chi connectivity index (χ0) is 13.8. The van der Waals surface area contributed by atoms with E-state index in [4.69, 9.17) is 9.47 Å². The summed E-state index contributed by atoms with van der Waals surface area (Å²) in [6.45, 7) is 0. The van der Waals surface area contributed by atoms with Gasteiger partial charge in [-0.2, -0.15) is 0 Å². The number of hydrogen-bond acceptors (Lipinski definition) is 2. The van der Waals surface area contributed by atoms with E-state index in [2.05, 4.69) is 15.9 Å². The van der Waals surface area contributed by atoms with Crippen molar-refractivity contribution in [2.45, 2.75) is 6.42 Å². The maximum atomic E-state index is 12.9. The lowest BCUT2D eigenvalue weighted by molar-refractivity contribution is 0.352. The first-order valence-corrected chi connectivity index (χ1v) is 6.58. The second kappa shape index (κ2) is 6.06. The van der Waals surface area contributed by atoms with Gasteiger partial charge in [0, 0.05) is 0 Å². The number of hydrogen-bond donors (Lipinski definition) is 0. The van der Waals surface area contributed by atoms with Crippen LogP contribution in [-0.4, -0.2) is 14.2 Å². The van der Waals surface area contributed by atoms with Gasteiger partial charge in [0.2, 0.25) is 0 Å². The molecule has 0 amide bonds. The second-order valence-corrected chi connectivity index (χ2v) is 4.97. The van der Waals surface area contributed by atoms with E-state index in [1.165, 1.54) is 12.1 Å². The summed E-state index contributed by atoms with van der Waals surface area (Å²) in [6, 6.07) is 10.4. The summed E-state index contributed by atoms with van der Waals surface area (Å²) < 4.78 is 24.3. The van der Waals surface area contributed by atoms with Crippen molar-refractivity contribution >= 4 is 15.9 Å². The van der Waals surface area contributed by atoms with Gasteiger partial charge in [-0.05, 0) is 57.7 Å². The maximum absolute atomic E-state index is 12.9. The fourth-order valence-electron chi connectivity index (χ4n) is 1.91. The summed E-state index contributed by atoms with van der Waals surface area (Å²) in [6.07, 6.45) is 0.708. The fourth-order valence-corrected chi connectivity index (χ4v) is 2.56. The summed E-state index contributed by atoms with van der Waals surface area (Å²) in [7, 11) is 3.20. The van der Waals surface area contributed by atoms with E-state index in [1.807, 2.05) is 12.1 Å². The van der Waals surface area contributed by atoms with E-state index < -0.39 is 0 Å². The Bertz CT molecular complexity index is 567. The number of ether oxygens (including phenoxy) is 2. The third-order valence-corrected chi connectivity index (χ3v) is 3.40. The van der Waals surface area contributed by atoms with Gasteiger partial charge in [-0.3, -0.25) is 0 Å². The van der Waals surface area contributed by atoms with Crippen molar-refractivity contribution < 1.29 is 13.9 Å². The van der Waals surface area contributed by atoms with E-state index in [0.29, 0.717) is 17.9 Å². The minimum Gasteiger partial charge on any atom is -0.493 e. The minimum absolute atomic E-state index is 0.225. The molecule has 0 aromatic heterocycles. The van der Waals surface area contributed by atoms with Gasteiger partial charge in [0.05, 0.1) is 18.7 Å². The average molecular weight is 325 g/mol. The highest BCUT2D eigenvalue weighted by Gasteiger charge is 2.10. The average Bonchev–Trinajstić information content (AvgIpc) is 2.40. The van der Waals surface area contributed by atoms with E-state index in [-0.39, 0.29) is 5.82 Å². The van der Waals surface area contributed by atoms with Crippen molar-refractivity contribution in [3.05, 3.63) is 57.8 Å². The summed E-state index contributed by atoms with van der Waals surface area (Å²) in [4.78, 5) is 0. The highest BCUT2D eigenvalue weighted by molar-refractivity contribution is 9.10. The smallest absolute Gasteiger partial charge is 0.174 e. The second-order valence-electron chi connectivity index (χ2n) is 4.12. The van der Waals surface area contributed by atoms with Gasteiger partial charge in [-0.15, -0.1) is 0 Å². The monoisotopic (exact) mass is 324 g/mol. The van der Waals surface area contributed by atoms with Crippen LogP contribution in [-0.2, 0) is 6.42 Å². The van der Waals surface area contributed by atoms with Crippen LogP contribution < -0.4 is 9.47 Å². The molecule has 2 aromatic rings. The van der Waals surface area contributed by atoms with Gasteiger partial charge in [0.25, 0.3) is 0 Å². The molecule has 100 valence electrons. The summed E-state index contributed by atoms with van der Waals surface area (Å²) in [5.41, 5.74) is 2.11. The third kappa shape index (κ3) is 3.26. The Hall–Kier alpha value is -1.55. The molecule has 19 heavy (non-hydrogen) atoms. The molecule has 4 heteroatoms. The molecular formula is C15H14BrFO2. The molecule has 0 aliphatic heterocycles. The molecular weight excluding hydrogens is 311 g/mol. The molecule has 0 heterocycles. The van der Waals surface area contributed by atoms with Gasteiger partial charge in [-0.25, -0.2) is 4.39 Å². The number of rotatable bonds is 4. The first-order valence-electron chi connectivity index (χ1n) is 5.79. The Morgan fingerprint density at radius 1 is 1.00 bits per heavy atom. The van der Waals surface area contributed by atoms with Crippen LogP contribution in [0.25, 0.3) is 0 Å². The van der Waals surface area contributed by atoms with E-state index in [9.17, 15) is 4.39 Å². The molecule has 0 unspecified atom stereocenters. The molecule has 0 fully saturated rings. The third-order valence-electron chi connectivity index (χ3n) is 2.81. The van der Waals surface area contributed by atoms with Gasteiger partial charge in [0.15, 0.2) is 11.5 Å². The Labute approximate surface area is 120 Å². The highest BCUT2D eigenvalue weighted by atomic mass is 79.9. The molecule has 0 N–H and O–H groups in total. The Kier molecular flexibility index (Phi) is 4.43. The van der Waals surface area contributed by atoms with Crippen molar-refractivity contribution in [3.63, 3.8) is 0 Å². The maximum Gasteiger partial charge on any atom is 0.174 e. The lowest BCUT2D eigenvalue weighted by atomic mass is 10.0. The molecule has 0 bridgehead atoms. The molecule has 2 aromatic carbocycles. The zero-order valence-corrected chi connectivity index (χ0v) is 12.3. The van der Waals surface area contributed by atoms with Gasteiger partial charge in [-0.1, -0.05) is 12.1 Å². The van der Waals surface area contributed by atoms with Gasteiger partial charge >= 0.3 is 0 Å². The standard InChI is InChI=1S/C15H14BrFO2/c1-18-14-9-11(8-13(16)15(14)19-2)7-10-3-5-12(17)6-4-10/h3-6,8-9H,7H2,1-2H3. The summed E-state index contributed by atoms with van der Waals surface area (Å²) >= 11 is 3.46. The largest absolute Gasteiger partial charge is 0.493 e. The lowest BCUT2D eigenvalue weighted by Crippen LogP contribution is -1.95. The van der Waals surface area contributed by atoms with Crippen LogP contribution in [0.1, 0.15) is 11.1 Å². The van der Waals surface area contributed by atoms with Crippen molar-refractivity contribution in [2.75, 3.05) is 14.2 Å². The Balaban J connectivity index is 2.30. The van der Waals surface area contributed by atoms with Gasteiger partial charge < -0.3 is 9.47 Å². The lowest BCUT2D eigenvalue weighted by Gasteiger charge is -2.12. The topological polar surface area (TPSA) is 18.5 Å². The van der Waals surface area contributed by atoms with E-state index in [1.54, 1.807) is 26.4 Å². The molecule has 0 atom stereocenters. The normalized spacial score (nSPS) is 10.3. The van der Waals surface area contributed by atoms with Crippen molar-refractivity contribution in [1.29, 1.82) is 0 Å². The zero-order valence-electron chi connectivity index (χ0n) is 10.7. The van der Waals surface area contributed by atoms with Crippen molar-refractivity contribution in [1.82, 2.24) is 0 Å². The fraction of sp³-hybridized carbons (Fsp3) is 0.200. The van der Waals surface area contributed by atoms with Crippen molar-refractivity contribution in [2.24, 2.45) is 0 Å². The minimum atomic E-state index is -0.225. The van der Waals surface area contributed by atoms with E-state index in [0.717, 1.165) is 15.6 Å². The molecule has 0 saturated heterocycles. The van der Waals surface area contributed by atoms with Crippen LogP contribution in [0.5, 0.6) is 11.5 Å². The highest BCUT2D eigenvalue weighted by Crippen LogP contribution is 2.36. The molecule has 2 nitrogen and oxygen atoms in total. The molecule has 0 aliphatic carbocycles. The molecule has 2 rings (SSSR count). The SMILES string of the molecule is COc1cc(Cc2ccc(F)cc2)cc(Br)c1OC. The summed E-state index contributed by atoms with van der Waals surface area (Å²) in [5.74, 6) is 1.12. The first kappa shape index (κ1) is 13.9. The molecule has 0 aliphatic rings. The molecule has 0 radical (unpaired) electrons. The van der Waals surface area contributed by atoms with Crippen LogP contribution in [0.15, 0.2) is 40.9 Å². The predicted molar refractivity (Wildman–Crippen MR) is 76.5 cm³/mol. The van der Waals surface area contributed by atoms with Crippen LogP contribution in [0.4, 0.5) is 4.39 Å². The van der Waals surface area contributed by atoms with Crippen LogP contribution in [0.3, 0.4) is 0 Å².